The van der Waals surface area contributed by atoms with Crippen molar-refractivity contribution in [3.63, 3.8) is 0 Å². The molecule has 0 aliphatic carbocycles. The number of carboxylic acid groups (broad SMARTS) is 1. The molecule has 7 amide bonds. The second-order valence-corrected chi connectivity index (χ2v) is 14.1. The molecule has 1 aromatic carbocycles. The van der Waals surface area contributed by atoms with E-state index >= 15 is 0 Å². The van der Waals surface area contributed by atoms with Crippen LogP contribution in [0.1, 0.15) is 72.3 Å². The van der Waals surface area contributed by atoms with Crippen molar-refractivity contribution < 1.29 is 48.6 Å². The molecule has 0 unspecified atom stereocenters. The third-order valence-corrected chi connectivity index (χ3v) is 8.32. The van der Waals surface area contributed by atoms with E-state index in [1.807, 2.05) is 20.8 Å². The Bertz CT molecular complexity index is 1460. The molecule has 0 heterocycles. The molecule has 0 aromatic heterocycles. The standard InChI is InChI=1S/C35H55ClN8O10/c1-6-7-8-23(30(38)49)41-32(51)24(13-18(2)3)40-27(46)16-39-35(54)29(19(4)5)44-33(52)25(14-20-9-11-21(36)12-10-20)42-34(53)26(17-45)43-31(50)22(37)15-28(47)48/h9-12,18-19,22-26,29,45H,6-8,13-17,37H2,1-5H3,(H2,38,49)(H,39,54)(H,40,46)(H,41,51)(H,42,53)(H,43,50)(H,44,52)(H,47,48)/t22-,23-,24-,25-,26-,29-/m0/s1. The number of aliphatic hydroxyl groups excluding tert-OH is 1. The van der Waals surface area contributed by atoms with Crippen LogP contribution in [0.5, 0.6) is 0 Å². The predicted octanol–water partition coefficient (Wildman–Crippen LogP) is -1.41. The number of unbranched alkanes of at least 4 members (excludes halogenated alkanes) is 1. The zero-order chi connectivity index (χ0) is 41.1. The van der Waals surface area contributed by atoms with Crippen molar-refractivity contribution in [2.24, 2.45) is 23.3 Å². The van der Waals surface area contributed by atoms with Gasteiger partial charge in [-0.15, -0.1) is 0 Å². The summed E-state index contributed by atoms with van der Waals surface area (Å²) in [7, 11) is 0. The lowest BCUT2D eigenvalue weighted by molar-refractivity contribution is -0.140. The molecule has 0 radical (unpaired) electrons. The highest BCUT2D eigenvalue weighted by Gasteiger charge is 2.32. The molecule has 0 aliphatic heterocycles. The highest BCUT2D eigenvalue weighted by atomic mass is 35.5. The molecule has 302 valence electrons. The average molecular weight is 783 g/mol. The first-order chi connectivity index (χ1) is 25.3. The molecule has 0 spiro atoms. The molecule has 0 saturated carbocycles. The molecule has 1 rings (SSSR count). The van der Waals surface area contributed by atoms with E-state index in [1.54, 1.807) is 38.1 Å². The SMILES string of the molecule is CCCC[C@H](NC(=O)[C@H](CC(C)C)NC(=O)CNC(=O)[C@@H](NC(=O)[C@H](Cc1ccc(Cl)cc1)NC(=O)[C@H](CO)NC(=O)[C@@H](N)CC(=O)O)C(C)C)C(N)=O. The van der Waals surface area contributed by atoms with Gasteiger partial charge in [-0.2, -0.15) is 0 Å². The maximum Gasteiger partial charge on any atom is 0.305 e. The van der Waals surface area contributed by atoms with E-state index in [0.29, 0.717) is 23.4 Å². The molecule has 18 nitrogen and oxygen atoms in total. The first-order valence-electron chi connectivity index (χ1n) is 17.7. The number of rotatable bonds is 24. The van der Waals surface area contributed by atoms with Gasteiger partial charge in [-0.25, -0.2) is 0 Å². The number of benzene rings is 1. The Morgan fingerprint density at radius 3 is 1.83 bits per heavy atom. The molecule has 0 bridgehead atoms. The van der Waals surface area contributed by atoms with E-state index in [2.05, 4.69) is 31.9 Å². The van der Waals surface area contributed by atoms with Gasteiger partial charge < -0.3 is 53.6 Å². The first kappa shape index (κ1) is 47.2. The van der Waals surface area contributed by atoms with E-state index in [-0.39, 0.29) is 18.8 Å². The number of carboxylic acids is 1. The minimum absolute atomic E-state index is 0.0291. The summed E-state index contributed by atoms with van der Waals surface area (Å²) in [4.78, 5) is 101. The normalized spacial score (nSPS) is 14.4. The fourth-order valence-corrected chi connectivity index (χ4v) is 5.20. The maximum absolute atomic E-state index is 13.7. The van der Waals surface area contributed by atoms with Gasteiger partial charge in [0.15, 0.2) is 0 Å². The molecular weight excluding hydrogens is 728 g/mol. The van der Waals surface area contributed by atoms with Crippen LogP contribution in [0.2, 0.25) is 5.02 Å². The number of nitrogens with one attached hydrogen (secondary N) is 6. The number of primary amides is 1. The van der Waals surface area contributed by atoms with Crippen LogP contribution in [-0.4, -0.2) is 107 Å². The predicted molar refractivity (Wildman–Crippen MR) is 198 cm³/mol. The average Bonchev–Trinajstić information content (AvgIpc) is 3.09. The van der Waals surface area contributed by atoms with Crippen LogP contribution >= 0.6 is 11.6 Å². The second kappa shape index (κ2) is 23.8. The maximum atomic E-state index is 13.7. The highest BCUT2D eigenvalue weighted by molar-refractivity contribution is 6.30. The fraction of sp³-hybridized carbons (Fsp3) is 0.600. The third-order valence-electron chi connectivity index (χ3n) is 8.07. The van der Waals surface area contributed by atoms with Gasteiger partial charge in [0.2, 0.25) is 41.4 Å². The highest BCUT2D eigenvalue weighted by Crippen LogP contribution is 2.13. The Kier molecular flexibility index (Phi) is 20.8. The van der Waals surface area contributed by atoms with E-state index < -0.39 is 109 Å². The minimum Gasteiger partial charge on any atom is -0.481 e. The third kappa shape index (κ3) is 17.3. The van der Waals surface area contributed by atoms with E-state index in [0.717, 1.165) is 6.42 Å². The zero-order valence-electron chi connectivity index (χ0n) is 31.3. The number of carbonyl (C=O) groups excluding carboxylic acids is 7. The minimum atomic E-state index is -1.61. The van der Waals surface area contributed by atoms with Crippen LogP contribution in [0.15, 0.2) is 24.3 Å². The van der Waals surface area contributed by atoms with Gasteiger partial charge in [0, 0.05) is 11.4 Å². The molecule has 12 N–H and O–H groups in total. The number of nitrogens with two attached hydrogens (primary N) is 2. The molecule has 0 saturated heterocycles. The molecule has 0 fully saturated rings. The smallest absolute Gasteiger partial charge is 0.305 e. The van der Waals surface area contributed by atoms with Crippen molar-refractivity contribution in [2.45, 2.75) is 109 Å². The molecule has 19 heteroatoms. The summed E-state index contributed by atoms with van der Waals surface area (Å²) in [6.45, 7) is 7.38. The van der Waals surface area contributed by atoms with E-state index in [4.69, 9.17) is 28.2 Å². The number of amides is 7. The van der Waals surface area contributed by atoms with Gasteiger partial charge in [0.05, 0.1) is 25.6 Å². The van der Waals surface area contributed by atoms with Gasteiger partial charge in [-0.1, -0.05) is 71.2 Å². The van der Waals surface area contributed by atoms with Gasteiger partial charge >= 0.3 is 5.97 Å². The Morgan fingerprint density at radius 1 is 0.759 bits per heavy atom. The van der Waals surface area contributed by atoms with Crippen LogP contribution in [0.3, 0.4) is 0 Å². The van der Waals surface area contributed by atoms with Crippen LogP contribution in [0.25, 0.3) is 0 Å². The van der Waals surface area contributed by atoms with Gasteiger partial charge in [0.25, 0.3) is 0 Å². The number of carbonyl (C=O) groups is 8. The van der Waals surface area contributed by atoms with Gasteiger partial charge in [-0.05, 0) is 42.4 Å². The fourth-order valence-electron chi connectivity index (χ4n) is 5.07. The zero-order valence-corrected chi connectivity index (χ0v) is 32.0. The lowest BCUT2D eigenvalue weighted by atomic mass is 10.0. The molecule has 54 heavy (non-hydrogen) atoms. The first-order valence-corrected chi connectivity index (χ1v) is 18.1. The van der Waals surface area contributed by atoms with Crippen molar-refractivity contribution in [2.75, 3.05) is 13.2 Å². The van der Waals surface area contributed by atoms with E-state index in [1.165, 1.54) is 0 Å². The van der Waals surface area contributed by atoms with Crippen molar-refractivity contribution in [1.29, 1.82) is 0 Å². The Balaban J connectivity index is 3.11. The van der Waals surface area contributed by atoms with E-state index in [9.17, 15) is 43.5 Å². The second-order valence-electron chi connectivity index (χ2n) is 13.6. The molecule has 0 aliphatic rings. The summed E-state index contributed by atoms with van der Waals surface area (Å²) in [6.07, 6.45) is 1.13. The van der Waals surface area contributed by atoms with Crippen molar-refractivity contribution in [3.8, 4) is 0 Å². The summed E-state index contributed by atoms with van der Waals surface area (Å²) >= 11 is 5.99. The van der Waals surface area contributed by atoms with Crippen LogP contribution < -0.4 is 43.4 Å². The molecule has 1 aromatic rings. The van der Waals surface area contributed by atoms with Crippen LogP contribution in [0.4, 0.5) is 0 Å². The number of halogens is 1. The number of hydrogen-bond donors (Lipinski definition) is 10. The van der Waals surface area contributed by atoms with Gasteiger partial charge in [-0.3, -0.25) is 38.4 Å². The van der Waals surface area contributed by atoms with Crippen molar-refractivity contribution in [1.82, 2.24) is 31.9 Å². The Labute approximate surface area is 319 Å². The summed E-state index contributed by atoms with van der Waals surface area (Å²) < 4.78 is 0. The quantitative estimate of drug-likeness (QED) is 0.0581. The summed E-state index contributed by atoms with van der Waals surface area (Å²) in [5.41, 5.74) is 11.6. The van der Waals surface area contributed by atoms with Crippen molar-refractivity contribution >= 4 is 58.9 Å². The lowest BCUT2D eigenvalue weighted by Gasteiger charge is -2.27. The lowest BCUT2D eigenvalue weighted by Crippen LogP contribution is -2.60. The molecular formula is C35H55ClN8O10. The monoisotopic (exact) mass is 782 g/mol. The van der Waals surface area contributed by atoms with Crippen LogP contribution in [-0.2, 0) is 44.8 Å². The van der Waals surface area contributed by atoms with Crippen molar-refractivity contribution in [3.05, 3.63) is 34.9 Å². The van der Waals surface area contributed by atoms with Gasteiger partial charge in [0.1, 0.15) is 30.2 Å². The topological polar surface area (TPSA) is 301 Å². The Hall–Kier alpha value is -4.81. The Morgan fingerprint density at radius 2 is 1.31 bits per heavy atom. The number of aliphatic hydroxyl groups is 1. The van der Waals surface area contributed by atoms with Crippen LogP contribution in [0, 0.1) is 11.8 Å². The summed E-state index contributed by atoms with van der Waals surface area (Å²) in [5.74, 6) is -7.54. The summed E-state index contributed by atoms with van der Waals surface area (Å²) in [6, 6.07) is -1.35. The number of aliphatic carboxylic acids is 1. The summed E-state index contributed by atoms with van der Waals surface area (Å²) in [5, 5.41) is 34.0. The number of hydrogen-bond acceptors (Lipinski definition) is 10. The molecule has 6 atom stereocenters. The largest absolute Gasteiger partial charge is 0.481 e.